The Morgan fingerprint density at radius 1 is 0.435 bits per heavy atom. The molecule has 0 aromatic heterocycles. The number of nitrogens with zero attached hydrogens (tertiary/aromatic N) is 1. The first-order chi connectivity index (χ1) is 21.8. The van der Waals surface area contributed by atoms with Gasteiger partial charge >= 0.3 is 0 Å². The third-order valence-electron chi connectivity index (χ3n) is 9.91. The molecule has 4 heteroatoms. The second-order valence-corrected chi connectivity index (χ2v) is 14.7. The number of quaternary nitrogens is 1. The van der Waals surface area contributed by atoms with E-state index in [-0.39, 0.29) is 24.0 Å². The third-order valence-corrected chi connectivity index (χ3v) is 9.91. The Labute approximate surface area is 295 Å². The van der Waals surface area contributed by atoms with Crippen LogP contribution >= 0.6 is 0 Å². The molecule has 0 aliphatic heterocycles. The zero-order valence-electron chi connectivity index (χ0n) is 32.0. The van der Waals surface area contributed by atoms with Crippen LogP contribution in [-0.4, -0.2) is 42.7 Å². The number of ketones is 2. The molecule has 0 aliphatic carbocycles. The number of likely N-dealkylation sites (N-methyl/N-ethyl adjacent to an activating group) is 1. The van der Waals surface area contributed by atoms with E-state index < -0.39 is 5.54 Å². The zero-order chi connectivity index (χ0) is 33.5. The van der Waals surface area contributed by atoms with Gasteiger partial charge < -0.3 is 16.9 Å². The monoisotopic (exact) mass is 666 g/mol. The molecule has 0 aromatic carbocycles. The second-order valence-electron chi connectivity index (χ2n) is 14.7. The number of rotatable bonds is 34. The van der Waals surface area contributed by atoms with Crippen LogP contribution in [-0.2, 0) is 9.59 Å². The highest BCUT2D eigenvalue weighted by Crippen LogP contribution is 2.30. The summed E-state index contributed by atoms with van der Waals surface area (Å²) in [5, 5.41) is 0. The highest BCUT2D eigenvalue weighted by Gasteiger charge is 2.53. The van der Waals surface area contributed by atoms with Crippen LogP contribution in [0, 0.1) is 0 Å². The van der Waals surface area contributed by atoms with Crippen molar-refractivity contribution in [2.75, 3.05) is 21.1 Å². The normalized spacial score (nSPS) is 13.3. The van der Waals surface area contributed by atoms with Crippen LogP contribution in [0.4, 0.5) is 0 Å². The number of hydrogen-bond donors (Lipinski definition) is 0. The van der Waals surface area contributed by atoms with E-state index in [1.165, 1.54) is 141 Å². The first kappa shape index (κ1) is 47.2. The van der Waals surface area contributed by atoms with Crippen LogP contribution in [0.2, 0.25) is 0 Å². The second kappa shape index (κ2) is 32.6. The van der Waals surface area contributed by atoms with Crippen molar-refractivity contribution in [3.05, 3.63) is 24.3 Å². The molecule has 0 aromatic rings. The molecule has 3 nitrogen and oxygen atoms in total. The van der Waals surface area contributed by atoms with Gasteiger partial charge in [-0.1, -0.05) is 148 Å². The van der Waals surface area contributed by atoms with Crippen molar-refractivity contribution in [1.82, 2.24) is 0 Å². The summed E-state index contributed by atoms with van der Waals surface area (Å²) in [6.07, 6.45) is 43.7. The fourth-order valence-electron chi connectivity index (χ4n) is 6.90. The highest BCUT2D eigenvalue weighted by atomic mass is 35.5. The van der Waals surface area contributed by atoms with E-state index in [9.17, 15) is 9.59 Å². The van der Waals surface area contributed by atoms with Gasteiger partial charge in [-0.15, -0.1) is 0 Å². The Hall–Kier alpha value is -0.930. The molecule has 0 fully saturated rings. The lowest BCUT2D eigenvalue weighted by molar-refractivity contribution is -0.902. The van der Waals surface area contributed by atoms with Gasteiger partial charge in [0.2, 0.25) is 17.1 Å². The van der Waals surface area contributed by atoms with Crippen molar-refractivity contribution in [2.45, 2.75) is 213 Å². The van der Waals surface area contributed by atoms with Gasteiger partial charge in [-0.3, -0.25) is 9.59 Å². The lowest BCUT2D eigenvalue weighted by Crippen LogP contribution is -3.00. The molecular weight excluding hydrogens is 586 g/mol. The molecule has 0 atom stereocenters. The fourth-order valence-corrected chi connectivity index (χ4v) is 6.90. The molecule has 0 rings (SSSR count). The minimum atomic E-state index is -0.887. The van der Waals surface area contributed by atoms with E-state index in [1.807, 2.05) is 28.1 Å². The SMILES string of the molecule is CCCCCCCCC=CCCCCCCCC(=O)C(CC)(C(=O)CCCCCCCC=CCCCCCCCC)[N+](C)(C)C.[Cl-]. The Morgan fingerprint density at radius 3 is 0.957 bits per heavy atom. The molecule has 272 valence electrons. The van der Waals surface area contributed by atoms with Crippen molar-refractivity contribution in [2.24, 2.45) is 0 Å². The summed E-state index contributed by atoms with van der Waals surface area (Å²) in [5.74, 6) is 0.348. The quantitative estimate of drug-likeness (QED) is 0.0297. The van der Waals surface area contributed by atoms with E-state index in [4.69, 9.17) is 0 Å². The zero-order valence-corrected chi connectivity index (χ0v) is 32.7. The molecule has 0 N–H and O–H groups in total. The molecular formula is C42H80ClNO2. The number of carbonyl (C=O) groups is 2. The van der Waals surface area contributed by atoms with Crippen LogP contribution in [0.15, 0.2) is 24.3 Å². The summed E-state index contributed by atoms with van der Waals surface area (Å²) in [7, 11) is 6.12. The standard InChI is InChI=1S/C42H80NO2.ClH/c1-7-10-12-14-16-18-20-22-24-26-28-30-32-34-36-38-40(44)42(9-3,43(4,5)6)41(45)39-37-35-33-31-29-27-25-23-21-19-17-15-13-11-8-2;/h22-25H,7-21,26-39H2,1-6H3;1H/q+1;/p-1. The molecule has 0 spiro atoms. The maximum absolute atomic E-state index is 13.6. The number of Topliss-reactive ketones (excluding diaryl/α,β-unsaturated/α-hetero) is 2. The van der Waals surface area contributed by atoms with Crippen molar-refractivity contribution in [1.29, 1.82) is 0 Å². The molecule has 0 amide bonds. The maximum Gasteiger partial charge on any atom is 0.216 e. The number of hydrogen-bond acceptors (Lipinski definition) is 2. The van der Waals surface area contributed by atoms with E-state index in [0.29, 0.717) is 23.7 Å². The summed E-state index contributed by atoms with van der Waals surface area (Å²) in [5.41, 5.74) is -0.887. The van der Waals surface area contributed by atoms with Crippen LogP contribution in [0.5, 0.6) is 0 Å². The molecule has 0 bridgehead atoms. The van der Waals surface area contributed by atoms with Crippen LogP contribution < -0.4 is 12.4 Å². The average Bonchev–Trinajstić information content (AvgIpc) is 3.01. The summed E-state index contributed by atoms with van der Waals surface area (Å²) < 4.78 is 0.414. The first-order valence-electron chi connectivity index (χ1n) is 20.0. The van der Waals surface area contributed by atoms with Gasteiger partial charge in [0.15, 0.2) is 0 Å². The molecule has 0 heterocycles. The highest BCUT2D eigenvalue weighted by molar-refractivity contribution is 6.10. The lowest BCUT2D eigenvalue weighted by Gasteiger charge is -2.43. The maximum atomic E-state index is 13.6. The number of halogens is 1. The van der Waals surface area contributed by atoms with Crippen molar-refractivity contribution < 1.29 is 26.5 Å². The predicted octanol–water partition coefficient (Wildman–Crippen LogP) is 10.1. The molecule has 46 heavy (non-hydrogen) atoms. The summed E-state index contributed by atoms with van der Waals surface area (Å²) in [6.45, 7) is 6.59. The Balaban J connectivity index is 0. The van der Waals surface area contributed by atoms with Gasteiger partial charge in [0.25, 0.3) is 0 Å². The van der Waals surface area contributed by atoms with Gasteiger partial charge in [-0.25, -0.2) is 0 Å². The van der Waals surface area contributed by atoms with Crippen LogP contribution in [0.25, 0.3) is 0 Å². The summed E-state index contributed by atoms with van der Waals surface area (Å²) in [6, 6.07) is 0. The van der Waals surface area contributed by atoms with Crippen LogP contribution in [0.3, 0.4) is 0 Å². The third kappa shape index (κ3) is 23.4. The Kier molecular flexibility index (Phi) is 33.5. The van der Waals surface area contributed by atoms with Crippen molar-refractivity contribution >= 4 is 11.6 Å². The molecule has 0 saturated heterocycles. The summed E-state index contributed by atoms with van der Waals surface area (Å²) in [4.78, 5) is 27.3. The Morgan fingerprint density at radius 2 is 0.696 bits per heavy atom. The lowest BCUT2D eigenvalue weighted by atomic mass is 9.79. The van der Waals surface area contributed by atoms with Gasteiger partial charge in [-0.2, -0.15) is 0 Å². The summed E-state index contributed by atoms with van der Waals surface area (Å²) >= 11 is 0. The largest absolute Gasteiger partial charge is 1.00 e. The minimum Gasteiger partial charge on any atom is -1.00 e. The number of allylic oxidation sites excluding steroid dienone is 4. The number of carbonyl (C=O) groups excluding carboxylic acids is 2. The molecule has 0 aliphatic rings. The van der Waals surface area contributed by atoms with Gasteiger partial charge in [0.1, 0.15) is 0 Å². The van der Waals surface area contributed by atoms with Crippen molar-refractivity contribution in [3.63, 3.8) is 0 Å². The fraction of sp³-hybridized carbons (Fsp3) is 0.857. The topological polar surface area (TPSA) is 34.1 Å². The number of unbranched alkanes of at least 4 members (excludes halogenated alkanes) is 22. The van der Waals surface area contributed by atoms with E-state index in [2.05, 4.69) is 38.2 Å². The van der Waals surface area contributed by atoms with E-state index >= 15 is 0 Å². The molecule has 0 unspecified atom stereocenters. The van der Waals surface area contributed by atoms with Gasteiger partial charge in [0.05, 0.1) is 21.1 Å². The van der Waals surface area contributed by atoms with Crippen molar-refractivity contribution in [3.8, 4) is 0 Å². The van der Waals surface area contributed by atoms with Gasteiger partial charge in [-0.05, 0) is 64.2 Å². The van der Waals surface area contributed by atoms with Gasteiger partial charge in [0, 0.05) is 19.3 Å². The minimum absolute atomic E-state index is 0. The molecule has 0 radical (unpaired) electrons. The van der Waals surface area contributed by atoms with Crippen LogP contribution in [0.1, 0.15) is 207 Å². The predicted molar refractivity (Wildman–Crippen MR) is 200 cm³/mol. The first-order valence-corrected chi connectivity index (χ1v) is 20.0. The average molecular weight is 667 g/mol. The smallest absolute Gasteiger partial charge is 0.216 e. The molecule has 0 saturated carbocycles. The Bertz CT molecular complexity index is 699. The van der Waals surface area contributed by atoms with E-state index in [1.54, 1.807) is 0 Å². The van der Waals surface area contributed by atoms with E-state index in [0.717, 1.165) is 25.7 Å².